The van der Waals surface area contributed by atoms with Gasteiger partial charge >= 0.3 is 6.03 Å². The lowest BCUT2D eigenvalue weighted by Gasteiger charge is -2.23. The molecule has 9 nitrogen and oxygen atoms in total. The van der Waals surface area contributed by atoms with E-state index in [1.54, 1.807) is 13.0 Å². The molecule has 0 radical (unpaired) electrons. The summed E-state index contributed by atoms with van der Waals surface area (Å²) in [7, 11) is 0. The molecule has 4 rings (SSSR count). The van der Waals surface area contributed by atoms with E-state index in [-0.39, 0.29) is 23.8 Å². The third-order valence-electron chi connectivity index (χ3n) is 4.78. The molecule has 1 aliphatic carbocycles. The quantitative estimate of drug-likeness (QED) is 0.712. The number of imide groups is 1. The maximum absolute atomic E-state index is 12.3. The van der Waals surface area contributed by atoms with Crippen LogP contribution in [0.5, 0.6) is 11.5 Å². The molecule has 0 bridgehead atoms. The summed E-state index contributed by atoms with van der Waals surface area (Å²) in [4.78, 5) is 24.2. The molecule has 2 atom stereocenters. The topological polar surface area (TPSA) is 116 Å². The van der Waals surface area contributed by atoms with Crippen molar-refractivity contribution < 1.29 is 23.5 Å². The number of nitrogens with one attached hydrogen (secondary N) is 2. The van der Waals surface area contributed by atoms with Crippen molar-refractivity contribution in [1.82, 2.24) is 20.8 Å². The van der Waals surface area contributed by atoms with E-state index in [2.05, 4.69) is 20.8 Å². The summed E-state index contributed by atoms with van der Waals surface area (Å²) < 4.78 is 17.1. The molecule has 0 unspecified atom stereocenters. The predicted molar refractivity (Wildman–Crippen MR) is 104 cm³/mol. The number of nitrogens with zero attached hydrogens (tertiary/aromatic N) is 2. The van der Waals surface area contributed by atoms with Crippen molar-refractivity contribution in [2.75, 3.05) is 6.61 Å². The van der Waals surface area contributed by atoms with E-state index in [4.69, 9.17) is 13.9 Å². The minimum atomic E-state index is -0.582. The number of carbonyl (C=O) groups is 2. The van der Waals surface area contributed by atoms with Crippen molar-refractivity contribution in [3.05, 3.63) is 30.2 Å². The lowest BCUT2D eigenvalue weighted by Crippen LogP contribution is -2.45. The molecule has 2 aliphatic rings. The predicted octanol–water partition coefficient (Wildman–Crippen LogP) is 2.83. The molecule has 1 aromatic heterocycles. The highest BCUT2D eigenvalue weighted by Gasteiger charge is 2.28. The zero-order valence-electron chi connectivity index (χ0n) is 15.9. The van der Waals surface area contributed by atoms with Crippen LogP contribution in [0.4, 0.5) is 4.79 Å². The van der Waals surface area contributed by atoms with Gasteiger partial charge in [-0.1, -0.05) is 36.7 Å². The number of fused-ring (bicyclic) bond motifs is 1. The summed E-state index contributed by atoms with van der Waals surface area (Å²) in [6.45, 7) is 1.92. The fourth-order valence-electron chi connectivity index (χ4n) is 3.25. The van der Waals surface area contributed by atoms with Gasteiger partial charge in [0, 0.05) is 6.04 Å². The van der Waals surface area contributed by atoms with Gasteiger partial charge in [-0.2, -0.15) is 0 Å². The van der Waals surface area contributed by atoms with Crippen molar-refractivity contribution >= 4 is 23.7 Å². The molecule has 10 heteroatoms. The minimum Gasteiger partial charge on any atom is -0.485 e. The van der Waals surface area contributed by atoms with E-state index >= 15 is 0 Å². The first-order chi connectivity index (χ1) is 14.1. The summed E-state index contributed by atoms with van der Waals surface area (Å²) >= 11 is 1.08. The first-order valence-corrected chi connectivity index (χ1v) is 10.5. The van der Waals surface area contributed by atoms with Crippen LogP contribution in [0.3, 0.4) is 0 Å². The number of benzene rings is 1. The number of aromatic nitrogens is 2. The first kappa shape index (κ1) is 19.6. The standard InChI is InChI=1S/C19H22N4O5S/c1-11(16(24)21-18(25)20-12-6-2-3-7-12)29-19-23-22-17(28-19)15-10-26-13-8-4-5-9-14(13)27-15/h4-5,8-9,11-12,15H,2-3,6-7,10H2,1H3,(H2,20,21,24,25)/t11-,15-/m0/s1. The van der Waals surface area contributed by atoms with Gasteiger partial charge in [0.15, 0.2) is 11.5 Å². The van der Waals surface area contributed by atoms with Crippen LogP contribution in [0.25, 0.3) is 0 Å². The van der Waals surface area contributed by atoms with Crippen LogP contribution >= 0.6 is 11.8 Å². The van der Waals surface area contributed by atoms with Crippen molar-refractivity contribution in [3.8, 4) is 11.5 Å². The maximum atomic E-state index is 12.3. The normalized spacial score (nSPS) is 19.6. The highest BCUT2D eigenvalue weighted by molar-refractivity contribution is 8.00. The maximum Gasteiger partial charge on any atom is 0.321 e. The molecule has 0 spiro atoms. The molecule has 3 amide bonds. The van der Waals surface area contributed by atoms with Gasteiger partial charge in [-0.3, -0.25) is 10.1 Å². The summed E-state index contributed by atoms with van der Waals surface area (Å²) in [6.07, 6.45) is 3.59. The lowest BCUT2D eigenvalue weighted by molar-refractivity contribution is -0.119. The summed E-state index contributed by atoms with van der Waals surface area (Å²) in [5, 5.41) is 12.8. The molecule has 1 aliphatic heterocycles. The number of ether oxygens (including phenoxy) is 2. The van der Waals surface area contributed by atoms with Gasteiger partial charge in [-0.05, 0) is 31.9 Å². The first-order valence-electron chi connectivity index (χ1n) is 9.58. The Morgan fingerprint density at radius 2 is 1.93 bits per heavy atom. The smallest absolute Gasteiger partial charge is 0.321 e. The van der Waals surface area contributed by atoms with Crippen LogP contribution in [0.2, 0.25) is 0 Å². The lowest BCUT2D eigenvalue weighted by atomic mass is 10.2. The molecule has 1 aromatic carbocycles. The van der Waals surface area contributed by atoms with E-state index < -0.39 is 23.3 Å². The number of hydrogen-bond acceptors (Lipinski definition) is 8. The van der Waals surface area contributed by atoms with Gasteiger partial charge in [0.2, 0.25) is 12.0 Å². The van der Waals surface area contributed by atoms with E-state index in [0.29, 0.717) is 11.5 Å². The third kappa shape index (κ3) is 4.81. The highest BCUT2D eigenvalue weighted by atomic mass is 32.2. The Hall–Kier alpha value is -2.75. The fraction of sp³-hybridized carbons (Fsp3) is 0.474. The minimum absolute atomic E-state index is 0.145. The van der Waals surface area contributed by atoms with Gasteiger partial charge in [-0.15, -0.1) is 10.2 Å². The summed E-state index contributed by atoms with van der Waals surface area (Å²) in [6, 6.07) is 7.02. The van der Waals surface area contributed by atoms with Crippen LogP contribution in [0.1, 0.15) is 44.6 Å². The van der Waals surface area contributed by atoms with Crippen LogP contribution in [-0.4, -0.2) is 40.0 Å². The second-order valence-corrected chi connectivity index (χ2v) is 8.27. The number of thioether (sulfide) groups is 1. The summed E-state index contributed by atoms with van der Waals surface area (Å²) in [5.74, 6) is 1.13. The molecule has 29 heavy (non-hydrogen) atoms. The van der Waals surface area contributed by atoms with Crippen molar-refractivity contribution in [3.63, 3.8) is 0 Å². The second-order valence-electron chi connectivity index (χ2n) is 6.97. The van der Waals surface area contributed by atoms with Gasteiger partial charge in [0.25, 0.3) is 11.1 Å². The highest BCUT2D eigenvalue weighted by Crippen LogP contribution is 2.36. The van der Waals surface area contributed by atoms with Gasteiger partial charge in [0.05, 0.1) is 5.25 Å². The molecule has 1 fully saturated rings. The largest absolute Gasteiger partial charge is 0.485 e. The third-order valence-corrected chi connectivity index (χ3v) is 5.71. The van der Waals surface area contributed by atoms with Crippen LogP contribution in [0, 0.1) is 0 Å². The number of hydrogen-bond donors (Lipinski definition) is 2. The SMILES string of the molecule is C[C@H](Sc1nnc([C@@H]2COc3ccccc3O2)o1)C(=O)NC(=O)NC1CCCC1. The second kappa shape index (κ2) is 8.73. The average molecular weight is 418 g/mol. The molecule has 1 saturated carbocycles. The Balaban J connectivity index is 1.29. The van der Waals surface area contributed by atoms with Crippen LogP contribution in [-0.2, 0) is 4.79 Å². The van der Waals surface area contributed by atoms with E-state index in [1.807, 2.05) is 18.2 Å². The Kier molecular flexibility index (Phi) is 5.89. The molecular formula is C19H22N4O5S. The molecular weight excluding hydrogens is 396 g/mol. The Morgan fingerprint density at radius 3 is 2.72 bits per heavy atom. The Bertz CT molecular complexity index is 883. The van der Waals surface area contributed by atoms with Crippen molar-refractivity contribution in [2.24, 2.45) is 0 Å². The van der Waals surface area contributed by atoms with Crippen molar-refractivity contribution in [1.29, 1.82) is 0 Å². The van der Waals surface area contributed by atoms with E-state index in [0.717, 1.165) is 37.4 Å². The number of urea groups is 1. The van der Waals surface area contributed by atoms with E-state index in [1.165, 1.54) is 0 Å². The molecule has 154 valence electrons. The number of carbonyl (C=O) groups excluding carboxylic acids is 2. The number of rotatable bonds is 5. The Labute approximate surface area is 171 Å². The van der Waals surface area contributed by atoms with Gasteiger partial charge in [0.1, 0.15) is 6.61 Å². The van der Waals surface area contributed by atoms with Crippen LogP contribution in [0.15, 0.2) is 33.9 Å². The number of amides is 3. The molecule has 0 saturated heterocycles. The zero-order valence-corrected chi connectivity index (χ0v) is 16.7. The molecule has 2 heterocycles. The van der Waals surface area contributed by atoms with E-state index in [9.17, 15) is 9.59 Å². The van der Waals surface area contributed by atoms with Crippen LogP contribution < -0.4 is 20.1 Å². The Morgan fingerprint density at radius 1 is 1.17 bits per heavy atom. The van der Waals surface area contributed by atoms with Crippen molar-refractivity contribution in [2.45, 2.75) is 55.2 Å². The van der Waals surface area contributed by atoms with Gasteiger partial charge < -0.3 is 19.2 Å². The molecule has 2 aromatic rings. The van der Waals surface area contributed by atoms with Gasteiger partial charge in [-0.25, -0.2) is 4.79 Å². The average Bonchev–Trinajstić information content (AvgIpc) is 3.39. The molecule has 2 N–H and O–H groups in total. The number of para-hydroxylation sites is 2. The fourth-order valence-corrected chi connectivity index (χ4v) is 3.94. The monoisotopic (exact) mass is 418 g/mol. The summed E-state index contributed by atoms with van der Waals surface area (Å²) in [5.41, 5.74) is 0. The zero-order chi connectivity index (χ0) is 20.2.